The number of piperazine rings is 3. The quantitative estimate of drug-likeness (QED) is 0.542. The van der Waals surface area contributed by atoms with Gasteiger partial charge in [0, 0.05) is 78.5 Å². The summed E-state index contributed by atoms with van der Waals surface area (Å²) >= 11 is 0. The zero-order valence-electron chi connectivity index (χ0n) is 19.2. The largest absolute Gasteiger partial charge is 0.304 e. The van der Waals surface area contributed by atoms with Crippen LogP contribution in [0.15, 0.2) is 11.3 Å². The summed E-state index contributed by atoms with van der Waals surface area (Å²) in [6, 6.07) is 0. The highest BCUT2D eigenvalue weighted by molar-refractivity contribution is 6.81. The standard InChI is InChI=1S/C20H44N6Si2/c1-6-20(2)27-19-28(24-13-7-21(3)8-14-24,25-15-9-22(4)10-16-25)26-17-11-23(5)12-18-26/h6H,7-19,27H2,1-5H3. The normalized spacial score (nSPS) is 27.2. The minimum absolute atomic E-state index is 0.186. The number of likely N-dealkylation sites (N-methyl/N-ethyl adjacent to an activating group) is 3. The van der Waals surface area contributed by atoms with Crippen molar-refractivity contribution in [2.24, 2.45) is 0 Å². The lowest BCUT2D eigenvalue weighted by atomic mass is 10.4. The second-order valence-electron chi connectivity index (χ2n) is 9.28. The van der Waals surface area contributed by atoms with Crippen LogP contribution in [0.4, 0.5) is 0 Å². The third-order valence-corrected chi connectivity index (χ3v) is 16.6. The maximum Gasteiger partial charge on any atom is 0.286 e. The van der Waals surface area contributed by atoms with Gasteiger partial charge in [0.1, 0.15) is 0 Å². The summed E-state index contributed by atoms with van der Waals surface area (Å²) in [5.41, 5.74) is 1.50. The van der Waals surface area contributed by atoms with Gasteiger partial charge >= 0.3 is 0 Å². The van der Waals surface area contributed by atoms with E-state index in [1.165, 1.54) is 84.2 Å². The molecule has 0 atom stereocenters. The summed E-state index contributed by atoms with van der Waals surface area (Å²) in [5.74, 6) is 0. The predicted molar refractivity (Wildman–Crippen MR) is 126 cm³/mol. The Bertz CT molecular complexity index is 452. The van der Waals surface area contributed by atoms with Crippen molar-refractivity contribution in [3.8, 4) is 0 Å². The SMILES string of the molecule is CC=C(C)[SiH2]C[Si](N1CCN(C)CC1)(N1CCN(C)CC1)N1CCN(C)CC1. The van der Waals surface area contributed by atoms with Gasteiger partial charge in [0.05, 0.1) is 9.52 Å². The van der Waals surface area contributed by atoms with Gasteiger partial charge in [-0.1, -0.05) is 11.3 Å². The zero-order chi connectivity index (χ0) is 20.1. The smallest absolute Gasteiger partial charge is 0.286 e. The molecule has 3 aliphatic rings. The minimum atomic E-state index is -1.82. The van der Waals surface area contributed by atoms with E-state index in [0.29, 0.717) is 0 Å². The van der Waals surface area contributed by atoms with Crippen molar-refractivity contribution < 1.29 is 0 Å². The highest BCUT2D eigenvalue weighted by Crippen LogP contribution is 2.29. The number of rotatable bonds is 6. The molecule has 0 unspecified atom stereocenters. The molecule has 0 radical (unpaired) electrons. The molecule has 0 amide bonds. The number of nitrogens with zero attached hydrogens (tertiary/aromatic N) is 6. The molecule has 3 aliphatic heterocycles. The molecule has 0 aliphatic carbocycles. The molecule has 162 valence electrons. The fourth-order valence-corrected chi connectivity index (χ4v) is 16.0. The lowest BCUT2D eigenvalue weighted by Crippen LogP contribution is -2.80. The Morgan fingerprint density at radius 2 is 1.00 bits per heavy atom. The van der Waals surface area contributed by atoms with E-state index in [9.17, 15) is 0 Å². The summed E-state index contributed by atoms with van der Waals surface area (Å²) in [5, 5.41) is 1.70. The molecule has 0 spiro atoms. The van der Waals surface area contributed by atoms with Gasteiger partial charge in [0.15, 0.2) is 0 Å². The summed E-state index contributed by atoms with van der Waals surface area (Å²) in [7, 11) is 4.88. The van der Waals surface area contributed by atoms with Crippen LogP contribution in [-0.2, 0) is 0 Å². The molecule has 0 bridgehead atoms. The molecule has 28 heavy (non-hydrogen) atoms. The van der Waals surface area contributed by atoms with Gasteiger partial charge in [-0.25, -0.2) is 0 Å². The second kappa shape index (κ2) is 10.3. The van der Waals surface area contributed by atoms with E-state index in [0.717, 1.165) is 0 Å². The Morgan fingerprint density at radius 3 is 1.29 bits per heavy atom. The van der Waals surface area contributed by atoms with Crippen LogP contribution in [0, 0.1) is 0 Å². The van der Waals surface area contributed by atoms with Gasteiger partial charge < -0.3 is 14.7 Å². The predicted octanol–water partition coefficient (Wildman–Crippen LogP) is -0.282. The van der Waals surface area contributed by atoms with E-state index >= 15 is 0 Å². The van der Waals surface area contributed by atoms with Gasteiger partial charge in [-0.15, -0.1) is 0 Å². The molecule has 0 aromatic heterocycles. The van der Waals surface area contributed by atoms with Crippen LogP contribution in [0.3, 0.4) is 0 Å². The summed E-state index contributed by atoms with van der Waals surface area (Å²) in [6.45, 7) is 19.7. The number of allylic oxidation sites excluding steroid dienone is 2. The fraction of sp³-hybridized carbons (Fsp3) is 0.900. The highest BCUT2D eigenvalue weighted by Gasteiger charge is 2.52. The molecule has 6 nitrogen and oxygen atoms in total. The average molecular weight is 425 g/mol. The Morgan fingerprint density at radius 1 is 0.679 bits per heavy atom. The maximum atomic E-state index is 3.03. The van der Waals surface area contributed by atoms with E-state index in [2.05, 4.69) is 69.5 Å². The molecule has 3 saturated heterocycles. The van der Waals surface area contributed by atoms with Crippen LogP contribution in [0.1, 0.15) is 13.8 Å². The lowest BCUT2D eigenvalue weighted by Gasteiger charge is -2.58. The van der Waals surface area contributed by atoms with Crippen LogP contribution in [0.5, 0.6) is 0 Å². The molecule has 3 rings (SSSR count). The molecule has 0 aromatic rings. The van der Waals surface area contributed by atoms with Gasteiger partial charge in [-0.05, 0) is 40.7 Å². The van der Waals surface area contributed by atoms with Gasteiger partial charge in [0.25, 0.3) is 8.56 Å². The molecule has 0 saturated carbocycles. The Kier molecular flexibility index (Phi) is 8.32. The first-order chi connectivity index (χ1) is 13.5. The molecule has 3 heterocycles. The monoisotopic (exact) mass is 424 g/mol. The van der Waals surface area contributed by atoms with Crippen LogP contribution in [0.2, 0.25) is 5.67 Å². The van der Waals surface area contributed by atoms with Crippen LogP contribution in [0.25, 0.3) is 0 Å². The molecular weight excluding hydrogens is 380 g/mol. The maximum absolute atomic E-state index is 3.03. The molecule has 0 N–H and O–H groups in total. The Hall–Kier alpha value is -0.0662. The average Bonchev–Trinajstić information content (AvgIpc) is 2.71. The highest BCUT2D eigenvalue weighted by atomic mass is 28.4. The van der Waals surface area contributed by atoms with E-state index in [1.807, 2.05) is 0 Å². The van der Waals surface area contributed by atoms with E-state index in [4.69, 9.17) is 0 Å². The van der Waals surface area contributed by atoms with Crippen molar-refractivity contribution in [2.75, 3.05) is 99.7 Å². The van der Waals surface area contributed by atoms with Crippen molar-refractivity contribution >= 4 is 18.1 Å². The van der Waals surface area contributed by atoms with E-state index in [1.54, 1.807) is 5.20 Å². The first-order valence-corrected chi connectivity index (χ1v) is 15.1. The Labute approximate surface area is 177 Å². The fourth-order valence-electron chi connectivity index (χ4n) is 5.08. The van der Waals surface area contributed by atoms with Crippen molar-refractivity contribution in [3.63, 3.8) is 0 Å². The van der Waals surface area contributed by atoms with Crippen LogP contribution < -0.4 is 0 Å². The summed E-state index contributed by atoms with van der Waals surface area (Å²) in [4.78, 5) is 7.58. The van der Waals surface area contributed by atoms with Crippen molar-refractivity contribution in [3.05, 3.63) is 11.3 Å². The molecular formula is C20H44N6Si2. The third-order valence-electron chi connectivity index (χ3n) is 7.38. The second-order valence-corrected chi connectivity index (χ2v) is 16.3. The lowest BCUT2D eigenvalue weighted by molar-refractivity contribution is 0.123. The van der Waals surface area contributed by atoms with Crippen LogP contribution >= 0.6 is 0 Å². The third kappa shape index (κ3) is 5.15. The van der Waals surface area contributed by atoms with E-state index < -0.39 is 8.56 Å². The van der Waals surface area contributed by atoms with Crippen molar-refractivity contribution in [1.29, 1.82) is 0 Å². The van der Waals surface area contributed by atoms with Crippen molar-refractivity contribution in [2.45, 2.75) is 19.5 Å². The molecule has 3 fully saturated rings. The van der Waals surface area contributed by atoms with E-state index in [-0.39, 0.29) is 9.52 Å². The zero-order valence-corrected chi connectivity index (χ0v) is 21.6. The number of hydrogen-bond donors (Lipinski definition) is 0. The topological polar surface area (TPSA) is 19.4 Å². The van der Waals surface area contributed by atoms with Gasteiger partial charge in [0.2, 0.25) is 0 Å². The minimum Gasteiger partial charge on any atom is -0.304 e. The number of hydrogen-bond acceptors (Lipinski definition) is 6. The van der Waals surface area contributed by atoms with Crippen molar-refractivity contribution in [1.82, 2.24) is 28.4 Å². The first kappa shape index (κ1) is 22.6. The van der Waals surface area contributed by atoms with Gasteiger partial charge in [-0.2, -0.15) is 0 Å². The summed E-state index contributed by atoms with van der Waals surface area (Å²) < 4.78 is 9.08. The van der Waals surface area contributed by atoms with Gasteiger partial charge in [-0.3, -0.25) is 13.7 Å². The van der Waals surface area contributed by atoms with Crippen LogP contribution in [-0.4, -0.2) is 146 Å². The molecule has 0 aromatic carbocycles. The molecule has 8 heteroatoms. The Balaban J connectivity index is 1.91. The summed E-state index contributed by atoms with van der Waals surface area (Å²) in [6.07, 6.45) is 2.39. The first-order valence-electron chi connectivity index (χ1n) is 11.4.